The number of likely N-dealkylation sites (tertiary alicyclic amines) is 2. The second kappa shape index (κ2) is 13.7. The second-order valence-electron chi connectivity index (χ2n) is 10.4. The number of hydrogen-bond acceptors (Lipinski definition) is 4. The van der Waals surface area contributed by atoms with Crippen molar-refractivity contribution in [3.8, 4) is 0 Å². The highest BCUT2D eigenvalue weighted by Crippen LogP contribution is 2.27. The van der Waals surface area contributed by atoms with E-state index in [1.165, 1.54) is 82.3 Å². The average molecular weight is 444 g/mol. The standard InChI is InChI=1S/C28H49N3O/c1-4-30(18-9-11-24(2)15-21-32)28(26-12-8-10-25(3)22-26)23-29-19-13-27(14-20-29)31-16-6-5-7-17-31/h8,10,12,22,24,27-28,32H,4-7,9,11,13-21,23H2,1-3H3. The van der Waals surface area contributed by atoms with Crippen molar-refractivity contribution in [2.24, 2.45) is 5.92 Å². The van der Waals surface area contributed by atoms with Crippen LogP contribution in [-0.4, -0.2) is 78.3 Å². The van der Waals surface area contributed by atoms with Crippen molar-refractivity contribution in [1.82, 2.24) is 14.7 Å². The maximum absolute atomic E-state index is 9.22. The van der Waals surface area contributed by atoms with Crippen LogP contribution in [-0.2, 0) is 0 Å². The molecule has 4 nitrogen and oxygen atoms in total. The van der Waals surface area contributed by atoms with Crippen LogP contribution in [0.25, 0.3) is 0 Å². The minimum Gasteiger partial charge on any atom is -0.396 e. The summed E-state index contributed by atoms with van der Waals surface area (Å²) >= 11 is 0. The molecule has 0 amide bonds. The predicted octanol–water partition coefficient (Wildman–Crippen LogP) is 5.11. The zero-order valence-electron chi connectivity index (χ0n) is 21.1. The molecule has 2 aliphatic rings. The van der Waals surface area contributed by atoms with Crippen LogP contribution in [0.4, 0.5) is 0 Å². The summed E-state index contributed by atoms with van der Waals surface area (Å²) in [6.45, 7) is 15.7. The third-order valence-electron chi connectivity index (χ3n) is 7.93. The van der Waals surface area contributed by atoms with E-state index in [1.807, 2.05) is 0 Å². The molecular formula is C28H49N3O. The van der Waals surface area contributed by atoms with Gasteiger partial charge in [-0.25, -0.2) is 0 Å². The van der Waals surface area contributed by atoms with E-state index in [-0.39, 0.29) is 0 Å². The number of piperidine rings is 2. The summed E-state index contributed by atoms with van der Waals surface area (Å²) in [6.07, 6.45) is 10.3. The normalized spacial score (nSPS) is 21.2. The van der Waals surface area contributed by atoms with Crippen molar-refractivity contribution in [2.45, 2.75) is 84.2 Å². The van der Waals surface area contributed by atoms with Crippen molar-refractivity contribution >= 4 is 0 Å². The highest BCUT2D eigenvalue weighted by atomic mass is 16.3. The molecule has 0 radical (unpaired) electrons. The van der Waals surface area contributed by atoms with Crippen LogP contribution in [0, 0.1) is 12.8 Å². The lowest BCUT2D eigenvalue weighted by Crippen LogP contribution is -2.48. The van der Waals surface area contributed by atoms with Crippen LogP contribution in [0.5, 0.6) is 0 Å². The third kappa shape index (κ3) is 7.83. The van der Waals surface area contributed by atoms with E-state index >= 15 is 0 Å². The van der Waals surface area contributed by atoms with Crippen LogP contribution in [0.2, 0.25) is 0 Å². The maximum atomic E-state index is 9.22. The van der Waals surface area contributed by atoms with E-state index in [9.17, 15) is 5.11 Å². The van der Waals surface area contributed by atoms with Gasteiger partial charge < -0.3 is 14.9 Å². The fraction of sp³-hybridized carbons (Fsp3) is 0.786. The molecule has 1 aromatic carbocycles. The number of likely N-dealkylation sites (N-methyl/N-ethyl adjacent to an activating group) is 1. The Balaban J connectivity index is 1.60. The Labute approximate surface area is 198 Å². The zero-order valence-corrected chi connectivity index (χ0v) is 21.1. The van der Waals surface area contributed by atoms with Gasteiger partial charge in [-0.3, -0.25) is 4.90 Å². The highest BCUT2D eigenvalue weighted by Gasteiger charge is 2.28. The number of aliphatic hydroxyl groups is 1. The van der Waals surface area contributed by atoms with Gasteiger partial charge in [0.2, 0.25) is 0 Å². The molecule has 2 atom stereocenters. The molecule has 4 heteroatoms. The van der Waals surface area contributed by atoms with Gasteiger partial charge in [0.05, 0.1) is 0 Å². The van der Waals surface area contributed by atoms with E-state index in [1.54, 1.807) is 0 Å². The zero-order chi connectivity index (χ0) is 22.8. The van der Waals surface area contributed by atoms with Crippen LogP contribution in [0.1, 0.15) is 82.4 Å². The molecule has 2 saturated heterocycles. The lowest BCUT2D eigenvalue weighted by molar-refractivity contribution is 0.0717. The van der Waals surface area contributed by atoms with Crippen LogP contribution >= 0.6 is 0 Å². The van der Waals surface area contributed by atoms with Gasteiger partial charge in [0.1, 0.15) is 0 Å². The summed E-state index contributed by atoms with van der Waals surface area (Å²) < 4.78 is 0. The van der Waals surface area contributed by atoms with Gasteiger partial charge in [0.15, 0.2) is 0 Å². The number of aryl methyl sites for hydroxylation is 1. The molecule has 1 N–H and O–H groups in total. The lowest BCUT2D eigenvalue weighted by atomic mass is 9.97. The predicted molar refractivity (Wildman–Crippen MR) is 136 cm³/mol. The van der Waals surface area contributed by atoms with Crippen molar-refractivity contribution in [2.75, 3.05) is 52.4 Å². The fourth-order valence-corrected chi connectivity index (χ4v) is 5.85. The second-order valence-corrected chi connectivity index (χ2v) is 10.4. The SMILES string of the molecule is CCN(CCCC(C)CCO)C(CN1CCC(N2CCCCC2)CC1)c1cccc(C)c1. The van der Waals surface area contributed by atoms with Crippen LogP contribution in [0.15, 0.2) is 24.3 Å². The van der Waals surface area contributed by atoms with Gasteiger partial charge in [-0.2, -0.15) is 0 Å². The number of nitrogens with zero attached hydrogens (tertiary/aromatic N) is 3. The summed E-state index contributed by atoms with van der Waals surface area (Å²) in [6, 6.07) is 10.5. The first-order valence-corrected chi connectivity index (χ1v) is 13.5. The molecule has 0 aliphatic carbocycles. The molecule has 2 fully saturated rings. The molecule has 2 aliphatic heterocycles. The van der Waals surface area contributed by atoms with Crippen molar-refractivity contribution in [1.29, 1.82) is 0 Å². The number of benzene rings is 1. The summed E-state index contributed by atoms with van der Waals surface area (Å²) in [5, 5.41) is 9.22. The van der Waals surface area contributed by atoms with Gasteiger partial charge >= 0.3 is 0 Å². The molecule has 3 rings (SSSR count). The molecule has 2 heterocycles. The minimum absolute atomic E-state index is 0.317. The Morgan fingerprint density at radius 2 is 1.81 bits per heavy atom. The number of aliphatic hydroxyl groups excluding tert-OH is 1. The summed E-state index contributed by atoms with van der Waals surface area (Å²) in [5.74, 6) is 0.616. The first kappa shape index (κ1) is 25.7. The smallest absolute Gasteiger partial charge is 0.0475 e. The number of rotatable bonds is 12. The van der Waals surface area contributed by atoms with E-state index in [0.717, 1.165) is 32.1 Å². The summed E-state index contributed by atoms with van der Waals surface area (Å²) in [4.78, 5) is 8.23. The fourth-order valence-electron chi connectivity index (χ4n) is 5.85. The van der Waals surface area contributed by atoms with Crippen LogP contribution in [0.3, 0.4) is 0 Å². The molecule has 0 bridgehead atoms. The first-order chi connectivity index (χ1) is 15.6. The van der Waals surface area contributed by atoms with E-state index in [4.69, 9.17) is 0 Å². The topological polar surface area (TPSA) is 30.0 Å². The Hall–Kier alpha value is -0.940. The van der Waals surface area contributed by atoms with E-state index in [0.29, 0.717) is 18.6 Å². The van der Waals surface area contributed by atoms with Crippen molar-refractivity contribution < 1.29 is 5.11 Å². The molecule has 0 saturated carbocycles. The van der Waals surface area contributed by atoms with Gasteiger partial charge in [0, 0.05) is 25.2 Å². The molecule has 2 unspecified atom stereocenters. The minimum atomic E-state index is 0.317. The molecule has 1 aromatic rings. The first-order valence-electron chi connectivity index (χ1n) is 13.5. The van der Waals surface area contributed by atoms with Gasteiger partial charge in [0.25, 0.3) is 0 Å². The molecule has 0 aromatic heterocycles. The third-order valence-corrected chi connectivity index (χ3v) is 7.93. The van der Waals surface area contributed by atoms with Crippen molar-refractivity contribution in [3.63, 3.8) is 0 Å². The van der Waals surface area contributed by atoms with Gasteiger partial charge in [-0.05, 0) is 103 Å². The lowest BCUT2D eigenvalue weighted by Gasteiger charge is -2.42. The van der Waals surface area contributed by atoms with E-state index in [2.05, 4.69) is 59.7 Å². The quantitative estimate of drug-likeness (QED) is 0.486. The Bertz CT molecular complexity index is 637. The summed E-state index contributed by atoms with van der Waals surface area (Å²) in [7, 11) is 0. The van der Waals surface area contributed by atoms with Gasteiger partial charge in [-0.15, -0.1) is 0 Å². The van der Waals surface area contributed by atoms with Crippen molar-refractivity contribution in [3.05, 3.63) is 35.4 Å². The Morgan fingerprint density at radius 1 is 1.06 bits per heavy atom. The monoisotopic (exact) mass is 443 g/mol. The van der Waals surface area contributed by atoms with Crippen LogP contribution < -0.4 is 0 Å². The van der Waals surface area contributed by atoms with E-state index < -0.39 is 0 Å². The molecular weight excluding hydrogens is 394 g/mol. The Kier molecular flexibility index (Phi) is 11.0. The molecule has 32 heavy (non-hydrogen) atoms. The Morgan fingerprint density at radius 3 is 2.47 bits per heavy atom. The van der Waals surface area contributed by atoms with Gasteiger partial charge in [-0.1, -0.05) is 50.1 Å². The largest absolute Gasteiger partial charge is 0.396 e. The number of hydrogen-bond donors (Lipinski definition) is 1. The molecule has 182 valence electrons. The maximum Gasteiger partial charge on any atom is 0.0475 e. The molecule has 0 spiro atoms. The highest BCUT2D eigenvalue weighted by molar-refractivity contribution is 5.25. The summed E-state index contributed by atoms with van der Waals surface area (Å²) in [5.41, 5.74) is 2.84. The average Bonchev–Trinajstić information content (AvgIpc) is 2.82.